The molecule has 0 radical (unpaired) electrons. The third-order valence-corrected chi connectivity index (χ3v) is 28.8. The van der Waals surface area contributed by atoms with Crippen LogP contribution in [0.4, 0.5) is 0 Å². The van der Waals surface area contributed by atoms with Gasteiger partial charge in [-0.1, -0.05) is 364 Å². The van der Waals surface area contributed by atoms with Gasteiger partial charge in [-0.05, 0) is 167 Å². The zero-order valence-corrected chi connectivity index (χ0v) is 80.9. The Kier molecular flexibility index (Phi) is 21.5. The highest BCUT2D eigenvalue weighted by Crippen LogP contribution is 2.46. The largest absolute Gasteiger partial charge is 0.306 e. The summed E-state index contributed by atoms with van der Waals surface area (Å²) in [6, 6.07) is 176. The summed E-state index contributed by atoms with van der Waals surface area (Å²) in [7, 11) is 0. The molecule has 0 atom stereocenters. The monoisotopic (exact) mass is 1920 g/mol. The molecule has 0 N–H and O–H groups in total. The predicted octanol–water partition coefficient (Wildman–Crippen LogP) is 33.2. The van der Waals surface area contributed by atoms with Crippen LogP contribution in [0.15, 0.2) is 528 Å². The van der Waals surface area contributed by atoms with Gasteiger partial charge in [-0.2, -0.15) is 0 Å². The van der Waals surface area contributed by atoms with Crippen molar-refractivity contribution in [3.05, 3.63) is 528 Å². The fraction of sp³-hybridized carbons (Fsp3) is 0. The predicted molar refractivity (Wildman–Crippen MR) is 614 cm³/mol. The lowest BCUT2D eigenvalue weighted by Gasteiger charge is -2.15. The standard InChI is InChI=1S/3C45H29N5/c1-4-13-30(14-5-1)39-29-40(31-15-6-2-7-16-31)48-45(47-39)50-41-21-11-10-19-35(41)36-24-22-33(28-43(36)50)32-23-25-37-38-20-12-26-46-44(38)49(42(37)27-32)34-17-8-3-9-18-34;1-4-13-30(14-5-1)39-29-43(48-44(47-39)31-15-6-2-7-16-31)50-40-21-11-10-19-35(40)36-24-22-33(28-42(36)50)32-23-25-37-38-20-12-26-46-45(38)49(41(37)27-32)34-17-8-3-9-18-34;1-4-13-30(14-5-1)43-42(29-47-44(48-43)31-15-6-2-7-16-31)50-39-21-11-10-19-35(39)36-24-22-33(28-41(36)50)32-23-25-37-38-20-12-26-46-45(38)49(40(37)27-32)34-17-8-3-9-18-34/h3*1-29H. The van der Waals surface area contributed by atoms with Gasteiger partial charge >= 0.3 is 0 Å². The van der Waals surface area contributed by atoms with E-state index in [4.69, 9.17) is 44.9 Å². The number of aromatic nitrogens is 15. The van der Waals surface area contributed by atoms with Crippen molar-refractivity contribution in [1.82, 2.24) is 72.3 Å². The average Bonchev–Trinajstić information content (AvgIpc) is 1.59. The SMILES string of the molecule is c1ccc(-c2cc(-c3ccccc3)nc(-n3c4ccccc4c4ccc(-c5ccc6c7cccnc7n(-c7ccccc7)c6c5)cc43)n2)cc1.c1ccc(-c2cc(-n3c4ccccc4c4ccc(-c5ccc6c7cccnc7n(-c7ccccc7)c6c5)cc43)nc(-c3ccccc3)n2)cc1.c1ccc(-c2ncc(-n3c4ccccc4c4ccc(-c5ccc6c7cccnc7n(-c7ccccc7)c6c5)cc43)c(-c3ccccc3)n2)cc1. The number of hydrogen-bond acceptors (Lipinski definition) is 9. The summed E-state index contributed by atoms with van der Waals surface area (Å²) >= 11 is 0. The summed E-state index contributed by atoms with van der Waals surface area (Å²) in [5.74, 6) is 2.86. The summed E-state index contributed by atoms with van der Waals surface area (Å²) in [5.41, 5.74) is 33.4. The number of fused-ring (bicyclic) bond motifs is 18. The van der Waals surface area contributed by atoms with E-state index < -0.39 is 0 Å². The molecule has 0 aliphatic heterocycles. The van der Waals surface area contributed by atoms with Gasteiger partial charge in [0, 0.05) is 140 Å². The Hall–Kier alpha value is -20.6. The summed E-state index contributed by atoms with van der Waals surface area (Å²) < 4.78 is 13.6. The molecular weight excluding hydrogens is 1830 g/mol. The molecule has 0 aliphatic carbocycles. The second-order valence-electron chi connectivity index (χ2n) is 37.6. The van der Waals surface area contributed by atoms with Crippen molar-refractivity contribution < 1.29 is 0 Å². The number of benzene rings is 18. The van der Waals surface area contributed by atoms with E-state index in [1.807, 2.05) is 122 Å². The van der Waals surface area contributed by atoms with Crippen molar-refractivity contribution in [3.8, 4) is 136 Å². The molecule has 30 rings (SSSR count). The zero-order chi connectivity index (χ0) is 99.1. The topological polar surface area (TPSA) is 146 Å². The van der Waals surface area contributed by atoms with Crippen LogP contribution in [0.1, 0.15) is 0 Å². The van der Waals surface area contributed by atoms with Crippen molar-refractivity contribution in [1.29, 1.82) is 0 Å². The maximum absolute atomic E-state index is 5.23. The molecule has 30 aromatic rings. The first-order chi connectivity index (χ1) is 74.4. The third-order valence-electron chi connectivity index (χ3n) is 28.8. The molecular formula is C135H87N15. The Morgan fingerprint density at radius 1 is 0.153 bits per heavy atom. The van der Waals surface area contributed by atoms with Gasteiger partial charge in [0.1, 0.15) is 22.8 Å². The lowest BCUT2D eigenvalue weighted by Crippen LogP contribution is -2.04. The van der Waals surface area contributed by atoms with Gasteiger partial charge in [-0.25, -0.2) is 44.9 Å². The summed E-state index contributed by atoms with van der Waals surface area (Å²) in [6.45, 7) is 0. The van der Waals surface area contributed by atoms with Crippen molar-refractivity contribution in [3.63, 3.8) is 0 Å². The first kappa shape index (κ1) is 87.3. The van der Waals surface area contributed by atoms with E-state index in [9.17, 15) is 0 Å². The van der Waals surface area contributed by atoms with Gasteiger partial charge < -0.3 is 4.57 Å². The Bertz CT molecular complexity index is 9940. The molecule has 0 fully saturated rings. The van der Waals surface area contributed by atoms with Gasteiger partial charge in [0.05, 0.1) is 84.3 Å². The first-order valence-electron chi connectivity index (χ1n) is 50.4. The lowest BCUT2D eigenvalue weighted by molar-refractivity contribution is 0.996. The molecule has 18 aromatic carbocycles. The molecule has 0 saturated carbocycles. The van der Waals surface area contributed by atoms with Gasteiger partial charge in [0.15, 0.2) is 11.6 Å². The normalized spacial score (nSPS) is 11.6. The highest BCUT2D eigenvalue weighted by atomic mass is 15.2. The molecule has 0 spiro atoms. The van der Waals surface area contributed by atoms with Crippen molar-refractivity contribution in [2.45, 2.75) is 0 Å². The van der Waals surface area contributed by atoms with Crippen LogP contribution in [-0.2, 0) is 0 Å². The summed E-state index contributed by atoms with van der Waals surface area (Å²) in [4.78, 5) is 45.3. The minimum Gasteiger partial charge on any atom is -0.306 e. The lowest BCUT2D eigenvalue weighted by atomic mass is 10.0. The minimum absolute atomic E-state index is 0.638. The third kappa shape index (κ3) is 15.3. The number of rotatable bonds is 15. The maximum Gasteiger partial charge on any atom is 0.235 e. The fourth-order valence-corrected chi connectivity index (χ4v) is 21.9. The Labute approximate surface area is 861 Å². The Morgan fingerprint density at radius 3 is 0.800 bits per heavy atom. The number of para-hydroxylation sites is 6. The average molecular weight is 1920 g/mol. The summed E-state index contributed by atoms with van der Waals surface area (Å²) in [6.07, 6.45) is 7.59. The molecule has 12 aromatic heterocycles. The maximum atomic E-state index is 5.23. The number of pyridine rings is 3. The van der Waals surface area contributed by atoms with Gasteiger partial charge in [-0.15, -0.1) is 0 Å². The highest BCUT2D eigenvalue weighted by Gasteiger charge is 2.27. The molecule has 0 amide bonds. The van der Waals surface area contributed by atoms with Crippen molar-refractivity contribution >= 4 is 131 Å². The van der Waals surface area contributed by atoms with Gasteiger partial charge in [0.25, 0.3) is 0 Å². The van der Waals surface area contributed by atoms with Gasteiger partial charge in [0.2, 0.25) is 5.95 Å². The molecule has 0 unspecified atom stereocenters. The van der Waals surface area contributed by atoms with E-state index in [0.717, 1.165) is 212 Å². The van der Waals surface area contributed by atoms with Crippen molar-refractivity contribution in [2.75, 3.05) is 0 Å². The van der Waals surface area contributed by atoms with Gasteiger partial charge in [-0.3, -0.25) is 22.8 Å². The van der Waals surface area contributed by atoms with Crippen LogP contribution in [0, 0.1) is 0 Å². The smallest absolute Gasteiger partial charge is 0.235 e. The van der Waals surface area contributed by atoms with Crippen LogP contribution in [0.2, 0.25) is 0 Å². The van der Waals surface area contributed by atoms with Crippen LogP contribution in [0.3, 0.4) is 0 Å². The number of nitrogens with zero attached hydrogens (tertiary/aromatic N) is 15. The molecule has 150 heavy (non-hydrogen) atoms. The molecule has 0 saturated heterocycles. The van der Waals surface area contributed by atoms with Crippen LogP contribution in [0.25, 0.3) is 267 Å². The van der Waals surface area contributed by atoms with Crippen LogP contribution in [0.5, 0.6) is 0 Å². The second kappa shape index (κ2) is 37.0. The van der Waals surface area contributed by atoms with E-state index in [2.05, 4.69) is 434 Å². The molecule has 15 heteroatoms. The summed E-state index contributed by atoms with van der Waals surface area (Å²) in [5, 5.41) is 14.0. The van der Waals surface area contributed by atoms with E-state index >= 15 is 0 Å². The van der Waals surface area contributed by atoms with Crippen molar-refractivity contribution in [2.24, 2.45) is 0 Å². The zero-order valence-electron chi connectivity index (χ0n) is 80.9. The molecule has 0 bridgehead atoms. The second-order valence-corrected chi connectivity index (χ2v) is 37.6. The van der Waals surface area contributed by atoms with Crippen LogP contribution in [-0.4, -0.2) is 72.3 Å². The Balaban J connectivity index is 0.000000108. The van der Waals surface area contributed by atoms with Crippen LogP contribution < -0.4 is 0 Å². The molecule has 12 heterocycles. The molecule has 15 nitrogen and oxygen atoms in total. The Morgan fingerprint density at radius 2 is 0.427 bits per heavy atom. The fourth-order valence-electron chi connectivity index (χ4n) is 21.9. The van der Waals surface area contributed by atoms with E-state index in [1.54, 1.807) is 0 Å². The highest BCUT2D eigenvalue weighted by molar-refractivity contribution is 6.16. The quantitative estimate of drug-likeness (QED) is 0.0979. The number of hydrogen-bond donors (Lipinski definition) is 0. The first-order valence-corrected chi connectivity index (χ1v) is 50.4. The van der Waals surface area contributed by atoms with E-state index in [0.29, 0.717) is 17.6 Å². The van der Waals surface area contributed by atoms with E-state index in [1.165, 1.54) is 37.7 Å². The molecule has 702 valence electrons. The molecule has 0 aliphatic rings. The van der Waals surface area contributed by atoms with Crippen LogP contribution >= 0.6 is 0 Å². The minimum atomic E-state index is 0.638. The van der Waals surface area contributed by atoms with E-state index in [-0.39, 0.29) is 0 Å².